The maximum Gasteiger partial charge on any atom is 0.139 e. The van der Waals surface area contributed by atoms with Gasteiger partial charge in [-0.2, -0.15) is 0 Å². The van der Waals surface area contributed by atoms with Crippen LogP contribution in [0.1, 0.15) is 77.6 Å². The maximum atomic E-state index is 6.21. The van der Waals surface area contributed by atoms with E-state index in [2.05, 4.69) is 6.92 Å². The number of hydrogen-bond donors (Lipinski definition) is 0. The summed E-state index contributed by atoms with van der Waals surface area (Å²) in [4.78, 5) is 0. The van der Waals surface area contributed by atoms with Crippen molar-refractivity contribution in [2.75, 3.05) is 0 Å². The van der Waals surface area contributed by atoms with Crippen LogP contribution in [-0.4, -0.2) is 43.5 Å². The molecule has 114 valence electrons. The Bertz CT molecular complexity index is 188. The van der Waals surface area contributed by atoms with Crippen LogP contribution in [0.25, 0.3) is 0 Å². The van der Waals surface area contributed by atoms with Crippen molar-refractivity contribution in [1.82, 2.24) is 0 Å². The van der Waals surface area contributed by atoms with Crippen LogP contribution in [0.3, 0.4) is 0 Å². The van der Waals surface area contributed by atoms with Crippen molar-refractivity contribution in [3.05, 3.63) is 0 Å². The maximum absolute atomic E-state index is 6.21. The number of rotatable bonds is 12. The molecule has 0 aromatic heterocycles. The van der Waals surface area contributed by atoms with E-state index in [1.54, 1.807) is 12.5 Å². The lowest BCUT2D eigenvalue weighted by atomic mass is 10.1. The summed E-state index contributed by atoms with van der Waals surface area (Å²) in [7, 11) is 1.56. The molecule has 0 bridgehead atoms. The normalized spacial score (nSPS) is 24.8. The molecule has 0 aromatic rings. The van der Waals surface area contributed by atoms with Crippen LogP contribution in [0, 0.1) is 0 Å². The third kappa shape index (κ3) is 11.4. The van der Waals surface area contributed by atoms with Gasteiger partial charge in [-0.3, -0.25) is 0 Å². The molecule has 1 saturated heterocycles. The first kappa shape index (κ1) is 18.1. The molecule has 19 heavy (non-hydrogen) atoms. The van der Waals surface area contributed by atoms with Crippen LogP contribution in [0.5, 0.6) is 0 Å². The van der Waals surface area contributed by atoms with Gasteiger partial charge in [-0.05, 0) is 14.6 Å². The quantitative estimate of drug-likeness (QED) is 0.376. The van der Waals surface area contributed by atoms with Crippen molar-refractivity contribution in [2.45, 2.75) is 83.6 Å². The second-order valence-electron chi connectivity index (χ2n) is 6.31. The summed E-state index contributed by atoms with van der Waals surface area (Å²) in [5, 5.41) is 0. The fourth-order valence-electron chi connectivity index (χ4n) is 3.07. The van der Waals surface area contributed by atoms with Crippen LogP contribution in [0.2, 0.25) is 6.04 Å². The van der Waals surface area contributed by atoms with Crippen molar-refractivity contribution < 1.29 is 4.12 Å². The minimum absolute atomic E-state index is 0.198. The van der Waals surface area contributed by atoms with Crippen LogP contribution in [-0.2, 0) is 4.12 Å². The smallest absolute Gasteiger partial charge is 0.139 e. The SMILES string of the molecule is CCCCCCCCCCCCC[SiH]1O[SiH2][SiH2][SiH2][SiH2]1. The molecule has 1 aliphatic heterocycles. The van der Waals surface area contributed by atoms with Crippen molar-refractivity contribution in [3.8, 4) is 0 Å². The molecule has 1 rings (SSSR count). The number of unbranched alkanes of at least 4 members (excludes halogenated alkanes) is 10. The van der Waals surface area contributed by atoms with E-state index in [1.165, 1.54) is 64.2 Å². The lowest BCUT2D eigenvalue weighted by molar-refractivity contribution is 0.551. The van der Waals surface area contributed by atoms with E-state index >= 15 is 0 Å². The molecule has 6 heteroatoms. The number of hydrogen-bond acceptors (Lipinski definition) is 1. The van der Waals surface area contributed by atoms with Gasteiger partial charge < -0.3 is 4.12 Å². The lowest BCUT2D eigenvalue weighted by Gasteiger charge is -2.20. The van der Waals surface area contributed by atoms with Gasteiger partial charge in [0.2, 0.25) is 0 Å². The van der Waals surface area contributed by atoms with E-state index in [4.69, 9.17) is 4.12 Å². The average Bonchev–Trinajstić information content (AvgIpc) is 2.46. The highest BCUT2D eigenvalue weighted by Gasteiger charge is 2.15. The molecule has 1 aliphatic rings. The predicted molar refractivity (Wildman–Crippen MR) is 104 cm³/mol. The third-order valence-electron chi connectivity index (χ3n) is 4.40. The monoisotopic (exact) mass is 348 g/mol. The van der Waals surface area contributed by atoms with Gasteiger partial charge in [-0.15, -0.1) is 0 Å². The summed E-state index contributed by atoms with van der Waals surface area (Å²) in [6.07, 6.45) is 16.4. The first-order chi connectivity index (χ1) is 9.43. The molecule has 1 heterocycles. The second-order valence-corrected chi connectivity index (χ2v) is 39.7. The fourth-order valence-corrected chi connectivity index (χ4v) is 92.6. The summed E-state index contributed by atoms with van der Waals surface area (Å²) < 4.78 is 6.21. The van der Waals surface area contributed by atoms with Gasteiger partial charge in [0, 0.05) is 17.1 Å². The van der Waals surface area contributed by atoms with E-state index in [0.29, 0.717) is 25.7 Å². The summed E-state index contributed by atoms with van der Waals surface area (Å²) >= 11 is 0. The van der Waals surface area contributed by atoms with Gasteiger partial charge in [0.25, 0.3) is 0 Å². The summed E-state index contributed by atoms with van der Waals surface area (Å²) in [6.45, 7) is 2.30. The van der Waals surface area contributed by atoms with Gasteiger partial charge in [0.1, 0.15) is 17.8 Å². The van der Waals surface area contributed by atoms with Crippen LogP contribution in [0.4, 0.5) is 0 Å². The van der Waals surface area contributed by atoms with E-state index in [1.807, 2.05) is 0 Å². The Kier molecular flexibility index (Phi) is 13.3. The van der Waals surface area contributed by atoms with Gasteiger partial charge in [0.05, 0.1) is 0 Å². The molecule has 1 nitrogen and oxygen atoms in total. The molecular formula is C13H36OSi5. The largest absolute Gasteiger partial charge is 0.469 e. The molecule has 0 aliphatic carbocycles. The Labute approximate surface area is 131 Å². The molecule has 1 atom stereocenters. The van der Waals surface area contributed by atoms with Crippen molar-refractivity contribution in [1.29, 1.82) is 0 Å². The Morgan fingerprint density at radius 3 is 1.84 bits per heavy atom. The van der Waals surface area contributed by atoms with E-state index in [9.17, 15) is 0 Å². The van der Waals surface area contributed by atoms with E-state index in [0.717, 1.165) is 0 Å². The molecule has 1 unspecified atom stereocenters. The molecule has 0 spiro atoms. The van der Waals surface area contributed by atoms with E-state index < -0.39 is 8.56 Å². The predicted octanol–water partition coefficient (Wildman–Crippen LogP) is 0.883. The second kappa shape index (κ2) is 14.0. The van der Waals surface area contributed by atoms with Gasteiger partial charge >= 0.3 is 0 Å². The lowest BCUT2D eigenvalue weighted by Crippen LogP contribution is -2.43. The van der Waals surface area contributed by atoms with Gasteiger partial charge in [0.15, 0.2) is 0 Å². The minimum Gasteiger partial charge on any atom is -0.469 e. The van der Waals surface area contributed by atoms with Crippen molar-refractivity contribution in [3.63, 3.8) is 0 Å². The zero-order chi connectivity index (χ0) is 13.6. The summed E-state index contributed by atoms with van der Waals surface area (Å²) in [5.41, 5.74) is 0. The molecule has 0 N–H and O–H groups in total. The highest BCUT2D eigenvalue weighted by molar-refractivity contribution is 7.57. The molecule has 0 aromatic carbocycles. The highest BCUT2D eigenvalue weighted by Crippen LogP contribution is 2.12. The Morgan fingerprint density at radius 2 is 1.32 bits per heavy atom. The first-order valence-electron chi connectivity index (χ1n) is 9.05. The molecule has 0 radical (unpaired) electrons. The fraction of sp³-hybridized carbons (Fsp3) is 1.00. The summed E-state index contributed by atoms with van der Waals surface area (Å²) in [5.74, 6) is 0. The Morgan fingerprint density at radius 1 is 0.737 bits per heavy atom. The summed E-state index contributed by atoms with van der Waals surface area (Å²) in [6, 6.07) is 1.61. The minimum atomic E-state index is -0.410. The Balaban J connectivity index is 1.71. The highest BCUT2D eigenvalue weighted by atomic mass is 29.9. The molecule has 1 fully saturated rings. The van der Waals surface area contributed by atoms with Crippen molar-refractivity contribution in [2.24, 2.45) is 0 Å². The van der Waals surface area contributed by atoms with Gasteiger partial charge in [-0.1, -0.05) is 77.6 Å². The Hall–Kier alpha value is 1.04. The zero-order valence-electron chi connectivity index (χ0n) is 13.3. The molecule has 0 amide bonds. The van der Waals surface area contributed by atoms with E-state index in [-0.39, 0.29) is 9.28 Å². The zero-order valence-corrected chi connectivity index (χ0v) is 20.1. The van der Waals surface area contributed by atoms with Crippen LogP contribution >= 0.6 is 0 Å². The van der Waals surface area contributed by atoms with Crippen LogP contribution in [0.15, 0.2) is 0 Å². The van der Waals surface area contributed by atoms with Crippen molar-refractivity contribution >= 4 is 43.5 Å². The topological polar surface area (TPSA) is 9.23 Å². The first-order valence-corrected chi connectivity index (χ1v) is 26.2. The average molecular weight is 349 g/mol. The molecule has 0 saturated carbocycles. The third-order valence-corrected chi connectivity index (χ3v) is 62.2. The molecular weight excluding hydrogens is 313 g/mol. The van der Waals surface area contributed by atoms with Gasteiger partial charge in [-0.25, -0.2) is 0 Å². The van der Waals surface area contributed by atoms with Crippen LogP contribution < -0.4 is 0 Å². The standard InChI is InChI=1S/C13H36OSi5/c1-2-3-4-5-6-7-8-9-10-11-12-13-19-14-15-16-17-18-19/h19H,2-13,15-18H2,1H3.